The molecule has 0 radical (unpaired) electrons. The number of carbonyl (C=O) groups is 1. The van der Waals surface area contributed by atoms with Crippen LogP contribution in [0.3, 0.4) is 0 Å². The van der Waals surface area contributed by atoms with E-state index in [2.05, 4.69) is 32.3 Å². The molecule has 3 atom stereocenters. The number of thiazole rings is 1. The first-order valence-electron chi connectivity index (χ1n) is 10.4. The van der Waals surface area contributed by atoms with Gasteiger partial charge in [0.1, 0.15) is 5.75 Å². The van der Waals surface area contributed by atoms with Crippen molar-refractivity contribution in [1.29, 1.82) is 0 Å². The molecule has 2 bridgehead atoms. The Bertz CT molecular complexity index is 990. The van der Waals surface area contributed by atoms with Gasteiger partial charge in [-0.3, -0.25) is 4.90 Å². The minimum atomic E-state index is -0.405. The molecule has 3 aromatic rings. The molecule has 2 aliphatic rings. The van der Waals surface area contributed by atoms with Gasteiger partial charge in [-0.05, 0) is 61.9 Å². The zero-order valence-corrected chi connectivity index (χ0v) is 17.5. The van der Waals surface area contributed by atoms with Crippen molar-refractivity contribution in [3.8, 4) is 10.9 Å². The lowest BCUT2D eigenvalue weighted by molar-refractivity contribution is 0.121. The summed E-state index contributed by atoms with van der Waals surface area (Å²) < 4.78 is 6.93. The van der Waals surface area contributed by atoms with Gasteiger partial charge in [-0.15, -0.1) is 0 Å². The fourth-order valence-corrected chi connectivity index (χ4v) is 5.63. The molecule has 1 unspecified atom stereocenters. The molecule has 1 aromatic carbocycles. The summed E-state index contributed by atoms with van der Waals surface area (Å²) in [4.78, 5) is 22.5. The van der Waals surface area contributed by atoms with Crippen LogP contribution in [-0.4, -0.2) is 45.6 Å². The number of amides is 2. The average Bonchev–Trinajstić information content (AvgIpc) is 3.24. The highest BCUT2D eigenvalue weighted by Crippen LogP contribution is 2.36. The number of benzene rings is 1. The summed E-state index contributed by atoms with van der Waals surface area (Å²) >= 11 is 1.50. The van der Waals surface area contributed by atoms with E-state index in [9.17, 15) is 4.79 Å². The third kappa shape index (κ3) is 4.11. The first-order chi connectivity index (χ1) is 14.6. The summed E-state index contributed by atoms with van der Waals surface area (Å²) in [5, 5.41) is 3.51. The SMILES string of the molecule is NC(=O)NC1C[C@H]2CC[C@@H](C1)N2CCc1ccc(Oc2nc3ncccc3s2)cc1. The van der Waals surface area contributed by atoms with Crippen molar-refractivity contribution in [3.63, 3.8) is 0 Å². The number of pyridine rings is 1. The molecule has 4 heterocycles. The molecule has 5 rings (SSSR count). The Hall–Kier alpha value is -2.71. The normalized spacial score (nSPS) is 23.5. The number of piperidine rings is 1. The number of fused-ring (bicyclic) bond motifs is 3. The molecule has 2 fully saturated rings. The van der Waals surface area contributed by atoms with Crippen molar-refractivity contribution >= 4 is 27.7 Å². The number of hydrogen-bond acceptors (Lipinski definition) is 6. The fourth-order valence-electron chi connectivity index (χ4n) is 4.83. The highest BCUT2D eigenvalue weighted by Gasteiger charge is 2.40. The van der Waals surface area contributed by atoms with Crippen LogP contribution in [-0.2, 0) is 6.42 Å². The van der Waals surface area contributed by atoms with Crippen molar-refractivity contribution in [2.45, 2.75) is 50.2 Å². The second kappa shape index (κ2) is 8.20. The van der Waals surface area contributed by atoms with Crippen LogP contribution in [0.1, 0.15) is 31.2 Å². The van der Waals surface area contributed by atoms with Crippen LogP contribution in [0.2, 0.25) is 0 Å². The van der Waals surface area contributed by atoms with E-state index >= 15 is 0 Å². The Morgan fingerprint density at radius 1 is 1.20 bits per heavy atom. The van der Waals surface area contributed by atoms with E-state index in [0.717, 1.165) is 41.9 Å². The molecule has 2 aromatic heterocycles. The molecule has 0 saturated carbocycles. The van der Waals surface area contributed by atoms with Crippen LogP contribution in [0.4, 0.5) is 4.79 Å². The molecule has 0 spiro atoms. The minimum absolute atomic E-state index is 0.227. The van der Waals surface area contributed by atoms with Crippen molar-refractivity contribution in [1.82, 2.24) is 20.2 Å². The number of rotatable bonds is 6. The van der Waals surface area contributed by atoms with E-state index in [1.54, 1.807) is 6.20 Å². The van der Waals surface area contributed by atoms with E-state index in [4.69, 9.17) is 10.5 Å². The fraction of sp³-hybridized carbons (Fsp3) is 0.409. The van der Waals surface area contributed by atoms with E-state index in [1.807, 2.05) is 24.3 Å². The summed E-state index contributed by atoms with van der Waals surface area (Å²) in [5.41, 5.74) is 7.32. The zero-order chi connectivity index (χ0) is 20.5. The van der Waals surface area contributed by atoms with Crippen LogP contribution in [0, 0.1) is 0 Å². The highest BCUT2D eigenvalue weighted by atomic mass is 32.1. The van der Waals surface area contributed by atoms with Crippen LogP contribution >= 0.6 is 11.3 Å². The zero-order valence-electron chi connectivity index (χ0n) is 16.7. The van der Waals surface area contributed by atoms with Gasteiger partial charge in [-0.25, -0.2) is 9.78 Å². The number of carbonyl (C=O) groups excluding carboxylic acids is 1. The molecule has 2 amide bonds. The maximum absolute atomic E-state index is 11.2. The summed E-state index contributed by atoms with van der Waals surface area (Å²) in [6.07, 6.45) is 7.18. The van der Waals surface area contributed by atoms with Gasteiger partial charge in [0.05, 0.1) is 4.70 Å². The Morgan fingerprint density at radius 3 is 2.67 bits per heavy atom. The van der Waals surface area contributed by atoms with Gasteiger partial charge < -0.3 is 15.8 Å². The van der Waals surface area contributed by atoms with Crippen molar-refractivity contribution in [2.24, 2.45) is 5.73 Å². The number of urea groups is 1. The number of primary amides is 1. The first kappa shape index (κ1) is 19.3. The van der Waals surface area contributed by atoms with Gasteiger partial charge in [-0.2, -0.15) is 4.98 Å². The van der Waals surface area contributed by atoms with Crippen LogP contribution < -0.4 is 15.8 Å². The Labute approximate surface area is 179 Å². The van der Waals surface area contributed by atoms with Gasteiger partial charge in [0.25, 0.3) is 5.19 Å². The summed E-state index contributed by atoms with van der Waals surface area (Å²) in [6, 6.07) is 13.1. The quantitative estimate of drug-likeness (QED) is 0.631. The number of nitrogens with two attached hydrogens (primary N) is 1. The molecule has 156 valence electrons. The molecular formula is C22H25N5O2S. The molecule has 2 aliphatic heterocycles. The molecule has 8 heteroatoms. The second-order valence-corrected chi connectivity index (χ2v) is 9.09. The van der Waals surface area contributed by atoms with Gasteiger partial charge in [0, 0.05) is 30.9 Å². The summed E-state index contributed by atoms with van der Waals surface area (Å²) in [5.74, 6) is 0.788. The minimum Gasteiger partial charge on any atom is -0.431 e. The van der Waals surface area contributed by atoms with E-state index in [-0.39, 0.29) is 6.04 Å². The molecule has 7 nitrogen and oxygen atoms in total. The number of aromatic nitrogens is 2. The number of ether oxygens (including phenoxy) is 1. The third-order valence-electron chi connectivity index (χ3n) is 6.16. The predicted molar refractivity (Wildman–Crippen MR) is 117 cm³/mol. The van der Waals surface area contributed by atoms with Gasteiger partial charge >= 0.3 is 6.03 Å². The van der Waals surface area contributed by atoms with Gasteiger partial charge in [0.15, 0.2) is 5.65 Å². The largest absolute Gasteiger partial charge is 0.431 e. The second-order valence-electron chi connectivity index (χ2n) is 8.10. The number of hydrogen-bond donors (Lipinski definition) is 2. The van der Waals surface area contributed by atoms with E-state index in [1.165, 1.54) is 29.7 Å². The van der Waals surface area contributed by atoms with Crippen molar-refractivity contribution in [2.75, 3.05) is 6.54 Å². The number of nitrogens with one attached hydrogen (secondary N) is 1. The predicted octanol–water partition coefficient (Wildman–Crippen LogP) is 3.69. The topological polar surface area (TPSA) is 93.4 Å². The maximum Gasteiger partial charge on any atom is 0.312 e. The number of nitrogens with zero attached hydrogens (tertiary/aromatic N) is 3. The average molecular weight is 424 g/mol. The highest BCUT2D eigenvalue weighted by molar-refractivity contribution is 7.20. The van der Waals surface area contributed by atoms with Crippen molar-refractivity contribution in [3.05, 3.63) is 48.2 Å². The van der Waals surface area contributed by atoms with Crippen molar-refractivity contribution < 1.29 is 9.53 Å². The molecule has 3 N–H and O–H groups in total. The Balaban J connectivity index is 1.16. The maximum atomic E-state index is 11.2. The lowest BCUT2D eigenvalue weighted by Gasteiger charge is -2.39. The smallest absolute Gasteiger partial charge is 0.312 e. The molecule has 30 heavy (non-hydrogen) atoms. The summed E-state index contributed by atoms with van der Waals surface area (Å²) in [7, 11) is 0. The summed E-state index contributed by atoms with van der Waals surface area (Å²) in [6.45, 7) is 1.04. The Kier molecular flexibility index (Phi) is 5.26. The van der Waals surface area contributed by atoms with E-state index < -0.39 is 6.03 Å². The van der Waals surface area contributed by atoms with Crippen LogP contribution in [0.15, 0.2) is 42.6 Å². The lowest BCUT2D eigenvalue weighted by atomic mass is 9.96. The van der Waals surface area contributed by atoms with Gasteiger partial charge in [-0.1, -0.05) is 23.5 Å². The monoisotopic (exact) mass is 423 g/mol. The standard InChI is InChI=1S/C22H25N5O2S/c23-21(28)25-15-12-16-5-6-17(13-15)27(16)11-9-14-3-7-18(8-4-14)29-22-26-20-19(30-22)2-1-10-24-20/h1-4,7-8,10,15-17H,5-6,9,11-13H2,(H3,23,25,28)/t15?,16-,17+. The Morgan fingerprint density at radius 2 is 1.97 bits per heavy atom. The van der Waals surface area contributed by atoms with Crippen LogP contribution in [0.25, 0.3) is 10.3 Å². The molecular weight excluding hydrogens is 398 g/mol. The molecule has 2 saturated heterocycles. The lowest BCUT2D eigenvalue weighted by Crippen LogP contribution is -2.51. The third-order valence-corrected chi connectivity index (χ3v) is 7.05. The first-order valence-corrected chi connectivity index (χ1v) is 11.3. The van der Waals surface area contributed by atoms with E-state index in [0.29, 0.717) is 17.3 Å². The van der Waals surface area contributed by atoms with Crippen LogP contribution in [0.5, 0.6) is 10.9 Å². The van der Waals surface area contributed by atoms with Gasteiger partial charge in [0.2, 0.25) is 0 Å². The molecule has 0 aliphatic carbocycles.